The lowest BCUT2D eigenvalue weighted by atomic mass is 10.3. The number of anilines is 6. The maximum Gasteiger partial charge on any atom is 0.234 e. The van der Waals surface area contributed by atoms with Crippen LogP contribution in [0.5, 0.6) is 0 Å². The molecule has 3 heterocycles. The average molecular weight is 634 g/mol. The molecule has 1 aliphatic heterocycles. The minimum Gasteiger partial charge on any atom is -0.341 e. The van der Waals surface area contributed by atoms with E-state index in [-0.39, 0.29) is 11.7 Å². The van der Waals surface area contributed by atoms with Gasteiger partial charge >= 0.3 is 0 Å². The number of carbonyl (C=O) groups is 1. The van der Waals surface area contributed by atoms with Crippen molar-refractivity contribution < 1.29 is 4.79 Å². The van der Waals surface area contributed by atoms with Crippen LogP contribution in [-0.4, -0.2) is 44.7 Å². The molecule has 0 radical (unpaired) electrons. The Morgan fingerprint density at radius 1 is 0.850 bits per heavy atom. The molecule has 2 aromatic heterocycles. The number of hydrogen-bond donors (Lipinski definition) is 3. The van der Waals surface area contributed by atoms with Crippen molar-refractivity contribution in [3.8, 4) is 0 Å². The minimum atomic E-state index is -0.0718. The highest BCUT2D eigenvalue weighted by molar-refractivity contribution is 9.10. The Hall–Kier alpha value is -3.74. The number of para-hydroxylation sites is 1. The summed E-state index contributed by atoms with van der Waals surface area (Å²) < 4.78 is 2.82. The molecule has 9 nitrogen and oxygen atoms in total. The molecule has 0 saturated carbocycles. The molecule has 0 spiro atoms. The zero-order valence-electron chi connectivity index (χ0n) is 21.3. The lowest BCUT2D eigenvalue weighted by molar-refractivity contribution is -0.113. The first-order chi connectivity index (χ1) is 19.6. The van der Waals surface area contributed by atoms with Crippen LogP contribution in [0.1, 0.15) is 12.8 Å². The monoisotopic (exact) mass is 632 g/mol. The van der Waals surface area contributed by atoms with Crippen LogP contribution in [0.2, 0.25) is 0 Å². The number of amides is 1. The molecule has 1 saturated heterocycles. The van der Waals surface area contributed by atoms with Crippen molar-refractivity contribution >= 4 is 90.1 Å². The average Bonchev–Trinajstić information content (AvgIpc) is 3.64. The zero-order valence-corrected chi connectivity index (χ0v) is 24.5. The topological polar surface area (TPSA) is 108 Å². The number of thiazole rings is 1. The SMILES string of the molecule is O=C(CSc1nc2ccc(Nc3nc(Nc4ccccc4)nc(N4CCCC4)n3)cc2s1)Nc1ccc(Br)cc1. The van der Waals surface area contributed by atoms with E-state index in [2.05, 4.69) is 51.7 Å². The van der Waals surface area contributed by atoms with Gasteiger partial charge in [-0.05, 0) is 67.4 Å². The molecule has 12 heteroatoms. The van der Waals surface area contributed by atoms with E-state index in [1.165, 1.54) is 11.8 Å². The minimum absolute atomic E-state index is 0.0718. The first-order valence-electron chi connectivity index (χ1n) is 12.8. The molecule has 3 N–H and O–H groups in total. The van der Waals surface area contributed by atoms with Gasteiger partial charge in [0.2, 0.25) is 23.8 Å². The Kier molecular flexibility index (Phi) is 8.07. The van der Waals surface area contributed by atoms with Crippen LogP contribution >= 0.6 is 39.0 Å². The van der Waals surface area contributed by atoms with Gasteiger partial charge in [0.25, 0.3) is 0 Å². The van der Waals surface area contributed by atoms with Gasteiger partial charge in [-0.3, -0.25) is 4.79 Å². The number of thioether (sulfide) groups is 1. The van der Waals surface area contributed by atoms with Crippen LogP contribution < -0.4 is 20.9 Å². The number of nitrogens with zero attached hydrogens (tertiary/aromatic N) is 5. The Labute approximate surface area is 248 Å². The molecule has 1 fully saturated rings. The van der Waals surface area contributed by atoms with Crippen LogP contribution in [0.15, 0.2) is 81.6 Å². The van der Waals surface area contributed by atoms with Crippen molar-refractivity contribution in [3.05, 3.63) is 77.3 Å². The van der Waals surface area contributed by atoms with Gasteiger partial charge in [0, 0.05) is 34.6 Å². The second kappa shape index (κ2) is 12.2. The fourth-order valence-electron chi connectivity index (χ4n) is 4.22. The molecule has 3 aromatic carbocycles. The summed E-state index contributed by atoms with van der Waals surface area (Å²) in [5, 5.41) is 9.56. The summed E-state index contributed by atoms with van der Waals surface area (Å²) in [6.07, 6.45) is 2.26. The van der Waals surface area contributed by atoms with Crippen molar-refractivity contribution in [2.24, 2.45) is 0 Å². The summed E-state index contributed by atoms with van der Waals surface area (Å²) in [7, 11) is 0. The fraction of sp³-hybridized carbons (Fsp3) is 0.179. The second-order valence-corrected chi connectivity index (χ2v) is 12.3. The number of aromatic nitrogens is 4. The predicted molar refractivity (Wildman–Crippen MR) is 167 cm³/mol. The molecule has 202 valence electrons. The highest BCUT2D eigenvalue weighted by Gasteiger charge is 2.18. The van der Waals surface area contributed by atoms with Crippen molar-refractivity contribution in [2.45, 2.75) is 17.2 Å². The highest BCUT2D eigenvalue weighted by Crippen LogP contribution is 2.32. The van der Waals surface area contributed by atoms with Gasteiger partial charge in [-0.25, -0.2) is 4.98 Å². The van der Waals surface area contributed by atoms with Crippen molar-refractivity contribution in [1.82, 2.24) is 19.9 Å². The standard InChI is InChI=1S/C28H25BrN8OS2/c29-18-8-10-20(11-9-18)30-24(38)17-39-28-33-22-13-12-21(16-23(22)40-28)32-26-34-25(31-19-6-2-1-3-7-19)35-27(36-26)37-14-4-5-15-37/h1-3,6-13,16H,4-5,14-15,17H2,(H,30,38)(H2,31,32,34,35,36). The molecule has 6 rings (SSSR count). The summed E-state index contributed by atoms with van der Waals surface area (Å²) in [4.78, 5) is 33.3. The van der Waals surface area contributed by atoms with E-state index in [4.69, 9.17) is 4.98 Å². The van der Waals surface area contributed by atoms with E-state index in [1.807, 2.05) is 72.8 Å². The van der Waals surface area contributed by atoms with Crippen LogP contribution in [-0.2, 0) is 4.79 Å². The summed E-state index contributed by atoms with van der Waals surface area (Å²) in [6, 6.07) is 23.3. The van der Waals surface area contributed by atoms with E-state index in [0.717, 1.165) is 62.0 Å². The van der Waals surface area contributed by atoms with E-state index in [9.17, 15) is 4.79 Å². The molecule has 1 amide bonds. The van der Waals surface area contributed by atoms with E-state index in [0.29, 0.717) is 17.8 Å². The van der Waals surface area contributed by atoms with Gasteiger partial charge in [-0.15, -0.1) is 11.3 Å². The number of nitrogens with one attached hydrogen (secondary N) is 3. The Morgan fingerprint density at radius 2 is 1.55 bits per heavy atom. The lowest BCUT2D eigenvalue weighted by Crippen LogP contribution is -2.21. The molecule has 40 heavy (non-hydrogen) atoms. The maximum absolute atomic E-state index is 12.4. The lowest BCUT2D eigenvalue weighted by Gasteiger charge is -2.17. The Morgan fingerprint density at radius 3 is 2.30 bits per heavy atom. The van der Waals surface area contributed by atoms with Gasteiger partial charge in [0.15, 0.2) is 4.34 Å². The van der Waals surface area contributed by atoms with Gasteiger partial charge in [-0.1, -0.05) is 45.9 Å². The van der Waals surface area contributed by atoms with Gasteiger partial charge < -0.3 is 20.9 Å². The summed E-state index contributed by atoms with van der Waals surface area (Å²) in [5.41, 5.74) is 3.41. The molecule has 0 atom stereocenters. The van der Waals surface area contributed by atoms with Crippen LogP contribution in [0.3, 0.4) is 0 Å². The molecule has 0 bridgehead atoms. The number of fused-ring (bicyclic) bond motifs is 1. The second-order valence-electron chi connectivity index (χ2n) is 9.10. The normalized spacial score (nSPS) is 13.0. The molecular formula is C28H25BrN8OS2. The third kappa shape index (κ3) is 6.69. The first kappa shape index (κ1) is 26.5. The largest absolute Gasteiger partial charge is 0.341 e. The summed E-state index contributed by atoms with van der Waals surface area (Å²) in [5.74, 6) is 1.83. The third-order valence-corrected chi connectivity index (χ3v) is 8.81. The van der Waals surface area contributed by atoms with Crippen LogP contribution in [0.4, 0.5) is 34.9 Å². The molecular weight excluding hydrogens is 608 g/mol. The van der Waals surface area contributed by atoms with Crippen molar-refractivity contribution in [3.63, 3.8) is 0 Å². The molecule has 1 aliphatic rings. The van der Waals surface area contributed by atoms with E-state index >= 15 is 0 Å². The molecule has 0 aliphatic carbocycles. The highest BCUT2D eigenvalue weighted by atomic mass is 79.9. The quantitative estimate of drug-likeness (QED) is 0.147. The zero-order chi connectivity index (χ0) is 27.3. The van der Waals surface area contributed by atoms with Crippen LogP contribution in [0.25, 0.3) is 10.2 Å². The number of rotatable bonds is 9. The smallest absolute Gasteiger partial charge is 0.234 e. The molecule has 0 unspecified atom stereocenters. The number of hydrogen-bond acceptors (Lipinski definition) is 10. The van der Waals surface area contributed by atoms with E-state index < -0.39 is 0 Å². The van der Waals surface area contributed by atoms with E-state index in [1.54, 1.807) is 11.3 Å². The van der Waals surface area contributed by atoms with Crippen LogP contribution in [0, 0.1) is 0 Å². The van der Waals surface area contributed by atoms with Crippen molar-refractivity contribution in [2.75, 3.05) is 39.7 Å². The van der Waals surface area contributed by atoms with Gasteiger partial charge in [-0.2, -0.15) is 15.0 Å². The summed E-state index contributed by atoms with van der Waals surface area (Å²) in [6.45, 7) is 1.87. The first-order valence-corrected chi connectivity index (χ1v) is 15.4. The van der Waals surface area contributed by atoms with Gasteiger partial charge in [0.1, 0.15) is 0 Å². The van der Waals surface area contributed by atoms with Crippen molar-refractivity contribution in [1.29, 1.82) is 0 Å². The number of benzene rings is 3. The van der Waals surface area contributed by atoms with Gasteiger partial charge in [0.05, 0.1) is 16.0 Å². The third-order valence-electron chi connectivity index (χ3n) is 6.12. The maximum atomic E-state index is 12.4. The number of halogens is 1. The number of carbonyl (C=O) groups excluding carboxylic acids is 1. The molecule has 5 aromatic rings. The Bertz CT molecular complexity index is 1630. The predicted octanol–water partition coefficient (Wildman–Crippen LogP) is 7.06. The Balaban J connectivity index is 1.16. The fourth-order valence-corrected chi connectivity index (χ4v) is 6.39. The summed E-state index contributed by atoms with van der Waals surface area (Å²) >= 11 is 6.38.